The molecule has 0 saturated carbocycles. The molecule has 0 bridgehead atoms. The SMILES string of the molecule is CC(C=O)(CCCCCC(O)CCCCCC(C)(C=O)c1ccccc1)c1ccccc1. The maximum atomic E-state index is 11.7. The largest absolute Gasteiger partial charge is 0.393 e. The van der Waals surface area contributed by atoms with Gasteiger partial charge in [0.2, 0.25) is 0 Å². The van der Waals surface area contributed by atoms with Gasteiger partial charge in [-0.1, -0.05) is 99.2 Å². The number of aldehydes is 2. The van der Waals surface area contributed by atoms with Gasteiger partial charge in [-0.15, -0.1) is 0 Å². The number of aliphatic hydroxyl groups is 1. The second kappa shape index (κ2) is 13.3. The Morgan fingerprint density at radius 3 is 1.38 bits per heavy atom. The second-order valence-corrected chi connectivity index (χ2v) is 9.66. The minimum Gasteiger partial charge on any atom is -0.393 e. The Kier molecular flexibility index (Phi) is 10.8. The van der Waals surface area contributed by atoms with Crippen molar-refractivity contribution in [1.82, 2.24) is 0 Å². The number of hydrogen-bond donors (Lipinski definition) is 1. The number of benzene rings is 2. The molecule has 0 amide bonds. The third kappa shape index (κ3) is 8.02. The van der Waals surface area contributed by atoms with Gasteiger partial charge in [-0.3, -0.25) is 0 Å². The number of aliphatic hydroxyl groups excluding tert-OH is 1. The third-order valence-electron chi connectivity index (χ3n) is 6.85. The smallest absolute Gasteiger partial charge is 0.130 e. The van der Waals surface area contributed by atoms with E-state index in [4.69, 9.17) is 0 Å². The van der Waals surface area contributed by atoms with Gasteiger partial charge < -0.3 is 14.7 Å². The van der Waals surface area contributed by atoms with Crippen LogP contribution in [0.5, 0.6) is 0 Å². The zero-order valence-electron chi connectivity index (χ0n) is 19.8. The summed E-state index contributed by atoms with van der Waals surface area (Å²) in [5, 5.41) is 10.3. The minimum atomic E-state index is -0.421. The van der Waals surface area contributed by atoms with Crippen molar-refractivity contribution < 1.29 is 14.7 Å². The monoisotopic (exact) mass is 436 g/mol. The van der Waals surface area contributed by atoms with Crippen molar-refractivity contribution in [3.05, 3.63) is 71.8 Å². The summed E-state index contributed by atoms with van der Waals surface area (Å²) in [7, 11) is 0. The van der Waals surface area contributed by atoms with E-state index >= 15 is 0 Å². The van der Waals surface area contributed by atoms with Crippen molar-refractivity contribution in [2.24, 2.45) is 0 Å². The van der Waals surface area contributed by atoms with Crippen molar-refractivity contribution in [3.8, 4) is 0 Å². The predicted octanol–water partition coefficient (Wildman–Crippen LogP) is 6.56. The van der Waals surface area contributed by atoms with E-state index in [1.807, 2.05) is 74.5 Å². The Labute approximate surface area is 194 Å². The Morgan fingerprint density at radius 2 is 1.03 bits per heavy atom. The molecule has 2 rings (SSSR count). The lowest BCUT2D eigenvalue weighted by Gasteiger charge is -2.24. The van der Waals surface area contributed by atoms with Gasteiger partial charge in [0, 0.05) is 10.8 Å². The predicted molar refractivity (Wildman–Crippen MR) is 132 cm³/mol. The maximum absolute atomic E-state index is 11.7. The summed E-state index contributed by atoms with van der Waals surface area (Å²) in [5.41, 5.74) is 1.31. The molecular weight excluding hydrogens is 396 g/mol. The molecule has 174 valence electrons. The summed E-state index contributed by atoms with van der Waals surface area (Å²) in [6.45, 7) is 4.02. The summed E-state index contributed by atoms with van der Waals surface area (Å²) in [6, 6.07) is 20.0. The summed E-state index contributed by atoms with van der Waals surface area (Å²) in [4.78, 5) is 23.3. The molecule has 2 atom stereocenters. The third-order valence-corrected chi connectivity index (χ3v) is 6.85. The molecule has 0 radical (unpaired) electrons. The molecule has 0 aromatic heterocycles. The average Bonchev–Trinajstić information content (AvgIpc) is 2.84. The second-order valence-electron chi connectivity index (χ2n) is 9.66. The first-order valence-corrected chi connectivity index (χ1v) is 12.2. The molecular formula is C29H40O3. The molecule has 2 aromatic carbocycles. The van der Waals surface area contributed by atoms with Crippen molar-refractivity contribution >= 4 is 12.6 Å². The highest BCUT2D eigenvalue weighted by Crippen LogP contribution is 2.29. The molecule has 0 aliphatic rings. The topological polar surface area (TPSA) is 54.4 Å². The normalized spacial score (nSPS) is 16.0. The molecule has 1 N–H and O–H groups in total. The number of carbonyl (C=O) groups is 2. The molecule has 0 heterocycles. The fourth-order valence-electron chi connectivity index (χ4n) is 4.42. The zero-order chi connectivity index (χ0) is 23.3. The first-order valence-electron chi connectivity index (χ1n) is 12.2. The molecule has 32 heavy (non-hydrogen) atoms. The maximum Gasteiger partial charge on any atom is 0.130 e. The summed E-state index contributed by atoms with van der Waals surface area (Å²) < 4.78 is 0. The zero-order valence-corrected chi connectivity index (χ0v) is 19.8. The highest BCUT2D eigenvalue weighted by atomic mass is 16.3. The van der Waals surface area contributed by atoms with E-state index in [2.05, 4.69) is 0 Å². The van der Waals surface area contributed by atoms with Crippen LogP contribution in [0.25, 0.3) is 0 Å². The molecule has 0 aliphatic carbocycles. The van der Waals surface area contributed by atoms with Gasteiger partial charge in [-0.05, 0) is 50.7 Å². The Morgan fingerprint density at radius 1 is 0.656 bits per heavy atom. The van der Waals surface area contributed by atoms with Crippen LogP contribution in [0, 0.1) is 0 Å². The summed E-state index contributed by atoms with van der Waals surface area (Å²) in [5.74, 6) is 0. The van der Waals surface area contributed by atoms with Crippen molar-refractivity contribution in [2.45, 2.75) is 95.0 Å². The van der Waals surface area contributed by atoms with E-state index in [-0.39, 0.29) is 6.10 Å². The lowest BCUT2D eigenvalue weighted by atomic mass is 9.79. The van der Waals surface area contributed by atoms with Crippen LogP contribution in [0.1, 0.15) is 89.2 Å². The summed E-state index contributed by atoms with van der Waals surface area (Å²) in [6.07, 6.45) is 11.2. The molecule has 0 fully saturated rings. The highest BCUT2D eigenvalue weighted by Gasteiger charge is 2.26. The first-order chi connectivity index (χ1) is 15.4. The molecule has 0 spiro atoms. The fourth-order valence-corrected chi connectivity index (χ4v) is 4.42. The van der Waals surface area contributed by atoms with Crippen LogP contribution in [-0.4, -0.2) is 23.8 Å². The van der Waals surface area contributed by atoms with Gasteiger partial charge in [0.15, 0.2) is 0 Å². The number of hydrogen-bond acceptors (Lipinski definition) is 3. The molecule has 0 aliphatic heterocycles. The molecule has 3 nitrogen and oxygen atoms in total. The number of unbranched alkanes of at least 4 members (excludes halogenated alkanes) is 4. The quantitative estimate of drug-likeness (QED) is 0.239. The Bertz CT molecular complexity index is 721. The van der Waals surface area contributed by atoms with Crippen molar-refractivity contribution in [2.75, 3.05) is 0 Å². The van der Waals surface area contributed by atoms with Crippen LogP contribution >= 0.6 is 0 Å². The number of carbonyl (C=O) groups excluding carboxylic acids is 2. The Balaban J connectivity index is 1.58. The minimum absolute atomic E-state index is 0.256. The highest BCUT2D eigenvalue weighted by molar-refractivity contribution is 5.68. The average molecular weight is 437 g/mol. The number of rotatable bonds is 16. The van der Waals surface area contributed by atoms with Crippen LogP contribution in [0.2, 0.25) is 0 Å². The Hall–Kier alpha value is -2.26. The van der Waals surface area contributed by atoms with E-state index in [1.54, 1.807) is 0 Å². The molecule has 3 heteroatoms. The fraction of sp³-hybridized carbons (Fsp3) is 0.517. The lowest BCUT2D eigenvalue weighted by molar-refractivity contribution is -0.113. The van der Waals surface area contributed by atoms with Gasteiger partial charge in [-0.25, -0.2) is 0 Å². The van der Waals surface area contributed by atoms with Crippen LogP contribution in [0.4, 0.5) is 0 Å². The van der Waals surface area contributed by atoms with Crippen LogP contribution < -0.4 is 0 Å². The lowest BCUT2D eigenvalue weighted by Crippen LogP contribution is -2.23. The first kappa shape index (κ1) is 26.0. The van der Waals surface area contributed by atoms with Gasteiger partial charge in [-0.2, -0.15) is 0 Å². The van der Waals surface area contributed by atoms with Crippen LogP contribution in [-0.2, 0) is 20.4 Å². The molecule has 2 aromatic rings. The molecule has 0 saturated heterocycles. The van der Waals surface area contributed by atoms with Crippen LogP contribution in [0.3, 0.4) is 0 Å². The summed E-state index contributed by atoms with van der Waals surface area (Å²) >= 11 is 0. The molecule has 2 unspecified atom stereocenters. The standard InChI is InChI=1S/C29H40O3/c1-28(23-30,25-15-7-3-8-16-25)21-13-5-11-19-27(32)20-12-6-14-22-29(2,24-31)26-17-9-4-10-18-26/h3-4,7-10,15-18,23-24,27,32H,5-6,11-14,19-22H2,1-2H3. The van der Waals surface area contributed by atoms with Gasteiger partial charge in [0.1, 0.15) is 12.6 Å². The van der Waals surface area contributed by atoms with Crippen molar-refractivity contribution in [1.29, 1.82) is 0 Å². The van der Waals surface area contributed by atoms with Crippen LogP contribution in [0.15, 0.2) is 60.7 Å². The van der Waals surface area contributed by atoms with E-state index in [0.29, 0.717) is 0 Å². The van der Waals surface area contributed by atoms with Gasteiger partial charge in [0.25, 0.3) is 0 Å². The van der Waals surface area contributed by atoms with E-state index in [0.717, 1.165) is 87.9 Å². The van der Waals surface area contributed by atoms with E-state index in [1.165, 1.54) is 0 Å². The van der Waals surface area contributed by atoms with E-state index < -0.39 is 10.8 Å². The van der Waals surface area contributed by atoms with E-state index in [9.17, 15) is 14.7 Å². The van der Waals surface area contributed by atoms with Gasteiger partial charge >= 0.3 is 0 Å². The van der Waals surface area contributed by atoms with Crippen molar-refractivity contribution in [3.63, 3.8) is 0 Å². The van der Waals surface area contributed by atoms with Gasteiger partial charge in [0.05, 0.1) is 6.10 Å².